The van der Waals surface area contributed by atoms with Gasteiger partial charge in [0.2, 0.25) is 0 Å². The fourth-order valence-electron chi connectivity index (χ4n) is 3.37. The first kappa shape index (κ1) is 15.5. The van der Waals surface area contributed by atoms with Crippen molar-refractivity contribution in [1.29, 1.82) is 0 Å². The second-order valence-corrected chi connectivity index (χ2v) is 7.14. The van der Waals surface area contributed by atoms with Gasteiger partial charge in [0.15, 0.2) is 0 Å². The molecule has 4 nitrogen and oxygen atoms in total. The highest BCUT2D eigenvalue weighted by Gasteiger charge is 2.37. The average molecular weight is 278 g/mol. The Morgan fingerprint density at radius 2 is 2.05 bits per heavy atom. The second kappa shape index (κ2) is 5.86. The van der Waals surface area contributed by atoms with Gasteiger partial charge in [-0.2, -0.15) is 5.10 Å². The smallest absolute Gasteiger partial charge is 0.0725 e. The van der Waals surface area contributed by atoms with Crippen LogP contribution in [-0.2, 0) is 12.5 Å². The van der Waals surface area contributed by atoms with Crippen LogP contribution in [0.25, 0.3) is 0 Å². The van der Waals surface area contributed by atoms with Crippen molar-refractivity contribution in [2.75, 3.05) is 26.7 Å². The van der Waals surface area contributed by atoms with E-state index < -0.39 is 0 Å². The summed E-state index contributed by atoms with van der Waals surface area (Å²) in [6.45, 7) is 12.3. The molecule has 0 aromatic carbocycles. The van der Waals surface area contributed by atoms with E-state index in [4.69, 9.17) is 5.10 Å². The van der Waals surface area contributed by atoms with Gasteiger partial charge in [-0.15, -0.1) is 0 Å². The number of aromatic nitrogens is 2. The predicted molar refractivity (Wildman–Crippen MR) is 83.9 cm³/mol. The van der Waals surface area contributed by atoms with E-state index in [9.17, 15) is 0 Å². The summed E-state index contributed by atoms with van der Waals surface area (Å²) < 4.78 is 1.98. The highest BCUT2D eigenvalue weighted by Crippen LogP contribution is 2.39. The molecule has 2 unspecified atom stereocenters. The van der Waals surface area contributed by atoms with Gasteiger partial charge in [0.25, 0.3) is 0 Å². The molecule has 0 amide bonds. The quantitative estimate of drug-likeness (QED) is 0.917. The third-order valence-corrected chi connectivity index (χ3v) is 4.32. The molecule has 2 heterocycles. The lowest BCUT2D eigenvalue weighted by atomic mass is 9.84. The zero-order valence-electron chi connectivity index (χ0n) is 13.9. The summed E-state index contributed by atoms with van der Waals surface area (Å²) in [5.74, 6) is 0.685. The maximum atomic E-state index is 4.75. The Kier molecular flexibility index (Phi) is 4.55. The third-order valence-electron chi connectivity index (χ3n) is 4.32. The number of likely N-dealkylation sites (tertiary alicyclic amines) is 1. The largest absolute Gasteiger partial charge is 0.317 e. The minimum Gasteiger partial charge on any atom is -0.317 e. The summed E-state index contributed by atoms with van der Waals surface area (Å²) in [6.07, 6.45) is 3.50. The molecule has 1 aromatic rings. The van der Waals surface area contributed by atoms with Crippen molar-refractivity contribution in [3.8, 4) is 0 Å². The summed E-state index contributed by atoms with van der Waals surface area (Å²) in [4.78, 5) is 2.49. The van der Waals surface area contributed by atoms with Crippen molar-refractivity contribution in [3.63, 3.8) is 0 Å². The Balaban J connectivity index is 2.33. The van der Waals surface area contributed by atoms with Crippen LogP contribution in [0.3, 0.4) is 0 Å². The topological polar surface area (TPSA) is 33.1 Å². The molecule has 20 heavy (non-hydrogen) atoms. The van der Waals surface area contributed by atoms with Gasteiger partial charge in [0.05, 0.1) is 5.69 Å². The average Bonchev–Trinajstić information content (AvgIpc) is 2.89. The lowest BCUT2D eigenvalue weighted by Gasteiger charge is -2.28. The van der Waals surface area contributed by atoms with Crippen LogP contribution in [0.5, 0.6) is 0 Å². The van der Waals surface area contributed by atoms with Crippen LogP contribution < -0.4 is 5.32 Å². The van der Waals surface area contributed by atoms with E-state index in [-0.39, 0.29) is 5.41 Å². The van der Waals surface area contributed by atoms with Crippen molar-refractivity contribution in [3.05, 3.63) is 17.5 Å². The van der Waals surface area contributed by atoms with Crippen LogP contribution in [0.1, 0.15) is 51.4 Å². The SMILES string of the molecule is CCNCC1CCN(C)C1c1cn(C)nc1C(C)(C)C. The molecular weight excluding hydrogens is 248 g/mol. The molecule has 0 radical (unpaired) electrons. The molecule has 2 rings (SSSR count). The summed E-state index contributed by atoms with van der Waals surface area (Å²) in [6, 6.07) is 0.497. The van der Waals surface area contributed by atoms with Gasteiger partial charge in [-0.3, -0.25) is 9.58 Å². The van der Waals surface area contributed by atoms with Crippen LogP contribution in [0.15, 0.2) is 6.20 Å². The molecule has 1 fully saturated rings. The van der Waals surface area contributed by atoms with Crippen LogP contribution >= 0.6 is 0 Å². The summed E-state index contributed by atoms with van der Waals surface area (Å²) >= 11 is 0. The Bertz CT molecular complexity index is 444. The van der Waals surface area contributed by atoms with Crippen molar-refractivity contribution < 1.29 is 0 Å². The van der Waals surface area contributed by atoms with E-state index in [1.807, 2.05) is 11.7 Å². The highest BCUT2D eigenvalue weighted by atomic mass is 15.3. The summed E-state index contributed by atoms with van der Waals surface area (Å²) in [7, 11) is 4.28. The number of hydrogen-bond acceptors (Lipinski definition) is 3. The number of rotatable bonds is 4. The molecule has 114 valence electrons. The lowest BCUT2D eigenvalue weighted by molar-refractivity contribution is 0.269. The molecule has 1 aliphatic rings. The van der Waals surface area contributed by atoms with E-state index in [0.29, 0.717) is 12.0 Å². The van der Waals surface area contributed by atoms with Crippen LogP contribution in [0, 0.1) is 5.92 Å². The number of aryl methyl sites for hydroxylation is 1. The Hall–Kier alpha value is -0.870. The molecule has 1 aliphatic heterocycles. The Morgan fingerprint density at radius 1 is 1.35 bits per heavy atom. The molecule has 4 heteroatoms. The first-order valence-electron chi connectivity index (χ1n) is 7.79. The molecule has 0 aliphatic carbocycles. The molecule has 1 aromatic heterocycles. The number of nitrogens with one attached hydrogen (secondary N) is 1. The summed E-state index contributed by atoms with van der Waals surface area (Å²) in [5, 5.41) is 8.27. The van der Waals surface area contributed by atoms with Gasteiger partial charge in [-0.1, -0.05) is 27.7 Å². The monoisotopic (exact) mass is 278 g/mol. The molecule has 2 atom stereocenters. The predicted octanol–water partition coefficient (Wildman–Crippen LogP) is 2.32. The van der Waals surface area contributed by atoms with Crippen LogP contribution in [0.4, 0.5) is 0 Å². The lowest BCUT2D eigenvalue weighted by Crippen LogP contribution is -2.30. The molecule has 1 N–H and O–H groups in total. The molecule has 0 bridgehead atoms. The normalized spacial score (nSPS) is 24.5. The minimum atomic E-state index is 0.1000. The van der Waals surface area contributed by atoms with E-state index in [2.05, 4.69) is 51.2 Å². The maximum Gasteiger partial charge on any atom is 0.0725 e. The van der Waals surface area contributed by atoms with Crippen LogP contribution in [0.2, 0.25) is 0 Å². The standard InChI is InChI=1S/C16H30N4/c1-7-17-10-12-8-9-19(5)14(12)13-11-20(6)18-15(13)16(2,3)4/h11-12,14,17H,7-10H2,1-6H3. The Morgan fingerprint density at radius 3 is 2.65 bits per heavy atom. The fraction of sp³-hybridized carbons (Fsp3) is 0.812. The molecule has 0 spiro atoms. The molecule has 0 saturated carbocycles. The van der Waals surface area contributed by atoms with Crippen molar-refractivity contribution in [2.24, 2.45) is 13.0 Å². The maximum absolute atomic E-state index is 4.75. The molecule has 1 saturated heterocycles. The third kappa shape index (κ3) is 3.07. The minimum absolute atomic E-state index is 0.1000. The Labute approximate surface area is 123 Å². The first-order chi connectivity index (χ1) is 9.34. The fourth-order valence-corrected chi connectivity index (χ4v) is 3.37. The van der Waals surface area contributed by atoms with Gasteiger partial charge in [-0.05, 0) is 39.0 Å². The van der Waals surface area contributed by atoms with Crippen molar-refractivity contribution in [2.45, 2.75) is 45.6 Å². The van der Waals surface area contributed by atoms with Gasteiger partial charge in [-0.25, -0.2) is 0 Å². The zero-order chi connectivity index (χ0) is 14.9. The zero-order valence-corrected chi connectivity index (χ0v) is 13.9. The first-order valence-corrected chi connectivity index (χ1v) is 7.79. The van der Waals surface area contributed by atoms with Gasteiger partial charge in [0, 0.05) is 30.3 Å². The van der Waals surface area contributed by atoms with Gasteiger partial charge < -0.3 is 5.32 Å². The van der Waals surface area contributed by atoms with E-state index in [0.717, 1.165) is 13.1 Å². The number of hydrogen-bond donors (Lipinski definition) is 1. The van der Waals surface area contributed by atoms with Crippen LogP contribution in [-0.4, -0.2) is 41.4 Å². The van der Waals surface area contributed by atoms with Gasteiger partial charge in [0.1, 0.15) is 0 Å². The second-order valence-electron chi connectivity index (χ2n) is 7.14. The summed E-state index contributed by atoms with van der Waals surface area (Å²) in [5.41, 5.74) is 2.77. The number of nitrogens with zero attached hydrogens (tertiary/aromatic N) is 3. The van der Waals surface area contributed by atoms with Crippen molar-refractivity contribution >= 4 is 0 Å². The van der Waals surface area contributed by atoms with E-state index in [1.165, 1.54) is 24.2 Å². The van der Waals surface area contributed by atoms with E-state index in [1.54, 1.807) is 0 Å². The van der Waals surface area contributed by atoms with E-state index >= 15 is 0 Å². The highest BCUT2D eigenvalue weighted by molar-refractivity contribution is 5.29. The van der Waals surface area contributed by atoms with Crippen molar-refractivity contribution in [1.82, 2.24) is 20.0 Å². The van der Waals surface area contributed by atoms with Gasteiger partial charge >= 0.3 is 0 Å². The molecular formula is C16H30N4.